The van der Waals surface area contributed by atoms with E-state index in [1.807, 2.05) is 25.1 Å². The first-order chi connectivity index (χ1) is 8.54. The van der Waals surface area contributed by atoms with Crippen LogP contribution in [0.3, 0.4) is 0 Å². The number of carbonyl (C=O) groups is 1. The molecule has 0 unspecified atom stereocenters. The SMILES string of the molecule is Cc1ccc(CC(=O)CC2(CN)CCC2)c(Cl)c1. The van der Waals surface area contributed by atoms with Crippen molar-refractivity contribution in [3.8, 4) is 0 Å². The van der Waals surface area contributed by atoms with Crippen LogP contribution in [0.2, 0.25) is 5.02 Å². The zero-order chi connectivity index (χ0) is 13.2. The van der Waals surface area contributed by atoms with Crippen LogP contribution >= 0.6 is 11.6 Å². The van der Waals surface area contributed by atoms with E-state index >= 15 is 0 Å². The number of hydrogen-bond donors (Lipinski definition) is 1. The van der Waals surface area contributed by atoms with Gasteiger partial charge in [0.25, 0.3) is 0 Å². The van der Waals surface area contributed by atoms with Crippen LogP contribution < -0.4 is 5.73 Å². The largest absolute Gasteiger partial charge is 0.330 e. The van der Waals surface area contributed by atoms with Gasteiger partial charge in [0.05, 0.1) is 0 Å². The predicted molar refractivity (Wildman–Crippen MR) is 74.9 cm³/mol. The highest BCUT2D eigenvalue weighted by molar-refractivity contribution is 6.31. The number of halogens is 1. The van der Waals surface area contributed by atoms with Crippen molar-refractivity contribution in [1.29, 1.82) is 0 Å². The zero-order valence-corrected chi connectivity index (χ0v) is 11.6. The van der Waals surface area contributed by atoms with Crippen molar-refractivity contribution in [2.45, 2.75) is 39.0 Å². The summed E-state index contributed by atoms with van der Waals surface area (Å²) in [5, 5.41) is 0.693. The highest BCUT2D eigenvalue weighted by Crippen LogP contribution is 2.43. The van der Waals surface area contributed by atoms with E-state index in [4.69, 9.17) is 17.3 Å². The second-order valence-corrected chi connectivity index (χ2v) is 5.95. The number of nitrogens with two attached hydrogens (primary N) is 1. The van der Waals surface area contributed by atoms with Crippen molar-refractivity contribution in [1.82, 2.24) is 0 Å². The van der Waals surface area contributed by atoms with E-state index in [9.17, 15) is 4.79 Å². The van der Waals surface area contributed by atoms with Gasteiger partial charge in [0.15, 0.2) is 0 Å². The fourth-order valence-corrected chi connectivity index (χ4v) is 2.92. The molecule has 1 aliphatic rings. The number of ketones is 1. The van der Waals surface area contributed by atoms with E-state index in [2.05, 4.69) is 0 Å². The minimum atomic E-state index is 0.0915. The minimum absolute atomic E-state index is 0.0915. The molecular weight excluding hydrogens is 246 g/mol. The number of benzene rings is 1. The second-order valence-electron chi connectivity index (χ2n) is 5.54. The fraction of sp³-hybridized carbons (Fsp3) is 0.533. The number of aryl methyl sites for hydroxylation is 1. The molecule has 2 N–H and O–H groups in total. The second kappa shape index (κ2) is 5.41. The van der Waals surface area contributed by atoms with Crippen LogP contribution in [0.15, 0.2) is 18.2 Å². The van der Waals surface area contributed by atoms with Gasteiger partial charge < -0.3 is 5.73 Å². The molecule has 1 aromatic rings. The smallest absolute Gasteiger partial charge is 0.137 e. The molecule has 1 fully saturated rings. The standard InChI is InChI=1S/C15H20ClNO/c1-11-3-4-12(14(16)7-11)8-13(18)9-15(10-17)5-2-6-15/h3-4,7H,2,5-6,8-10,17H2,1H3. The van der Waals surface area contributed by atoms with E-state index in [0.29, 0.717) is 24.4 Å². The van der Waals surface area contributed by atoms with Gasteiger partial charge in [-0.1, -0.05) is 30.2 Å². The first-order valence-electron chi connectivity index (χ1n) is 6.51. The average Bonchev–Trinajstić information content (AvgIpc) is 2.27. The van der Waals surface area contributed by atoms with Gasteiger partial charge in [0.1, 0.15) is 5.78 Å². The lowest BCUT2D eigenvalue weighted by atomic mass is 9.65. The molecule has 2 rings (SSSR count). The first kappa shape index (κ1) is 13.6. The molecule has 0 amide bonds. The Balaban J connectivity index is 1.98. The summed E-state index contributed by atoms with van der Waals surface area (Å²) in [5.74, 6) is 0.255. The van der Waals surface area contributed by atoms with E-state index < -0.39 is 0 Å². The lowest BCUT2D eigenvalue weighted by molar-refractivity contribution is -0.122. The molecule has 1 aliphatic carbocycles. The molecule has 18 heavy (non-hydrogen) atoms. The summed E-state index contributed by atoms with van der Waals surface area (Å²) in [6, 6.07) is 5.86. The molecule has 0 aromatic heterocycles. The average molecular weight is 266 g/mol. The maximum Gasteiger partial charge on any atom is 0.137 e. The van der Waals surface area contributed by atoms with Crippen LogP contribution in [0.5, 0.6) is 0 Å². The Morgan fingerprint density at radius 2 is 2.17 bits per heavy atom. The monoisotopic (exact) mass is 265 g/mol. The molecule has 0 spiro atoms. The summed E-state index contributed by atoms with van der Waals surface area (Å²) in [4.78, 5) is 12.1. The van der Waals surface area contributed by atoms with E-state index in [1.54, 1.807) is 0 Å². The molecule has 98 valence electrons. The van der Waals surface area contributed by atoms with E-state index in [-0.39, 0.29) is 11.2 Å². The molecule has 0 heterocycles. The molecule has 0 saturated heterocycles. The number of carbonyl (C=O) groups excluding carboxylic acids is 1. The van der Waals surface area contributed by atoms with Crippen LogP contribution in [0.1, 0.15) is 36.8 Å². The van der Waals surface area contributed by atoms with E-state index in [1.165, 1.54) is 6.42 Å². The van der Waals surface area contributed by atoms with Gasteiger partial charge >= 0.3 is 0 Å². The molecular formula is C15H20ClNO. The molecule has 0 bridgehead atoms. The summed E-state index contributed by atoms with van der Waals surface area (Å²) in [7, 11) is 0. The van der Waals surface area contributed by atoms with Crippen molar-refractivity contribution < 1.29 is 4.79 Å². The van der Waals surface area contributed by atoms with Crippen LogP contribution in [0.4, 0.5) is 0 Å². The molecule has 0 aliphatic heterocycles. The highest BCUT2D eigenvalue weighted by Gasteiger charge is 2.37. The van der Waals surface area contributed by atoms with Gasteiger partial charge in [-0.25, -0.2) is 0 Å². The van der Waals surface area contributed by atoms with Crippen LogP contribution in [0.25, 0.3) is 0 Å². The Labute approximate surface area is 114 Å². The minimum Gasteiger partial charge on any atom is -0.330 e. The van der Waals surface area contributed by atoms with Crippen molar-refractivity contribution in [2.24, 2.45) is 11.1 Å². The Bertz CT molecular complexity index is 446. The summed E-state index contributed by atoms with van der Waals surface area (Å²) in [6.45, 7) is 2.62. The van der Waals surface area contributed by atoms with Gasteiger partial charge in [-0.3, -0.25) is 4.79 Å². The van der Waals surface area contributed by atoms with Crippen molar-refractivity contribution in [3.63, 3.8) is 0 Å². The Hall–Kier alpha value is -0.860. The third-order valence-corrected chi connectivity index (χ3v) is 4.37. The van der Waals surface area contributed by atoms with Gasteiger partial charge in [-0.05, 0) is 48.9 Å². The van der Waals surface area contributed by atoms with Gasteiger partial charge in [0.2, 0.25) is 0 Å². The quantitative estimate of drug-likeness (QED) is 0.888. The van der Waals surface area contributed by atoms with Crippen molar-refractivity contribution in [2.75, 3.05) is 6.54 Å². The van der Waals surface area contributed by atoms with Crippen LogP contribution in [-0.4, -0.2) is 12.3 Å². The molecule has 1 saturated carbocycles. The van der Waals surface area contributed by atoms with E-state index in [0.717, 1.165) is 24.0 Å². The summed E-state index contributed by atoms with van der Waals surface area (Å²) in [5.41, 5.74) is 7.92. The van der Waals surface area contributed by atoms with Crippen molar-refractivity contribution >= 4 is 17.4 Å². The number of hydrogen-bond acceptors (Lipinski definition) is 2. The highest BCUT2D eigenvalue weighted by atomic mass is 35.5. The molecule has 3 heteroatoms. The third kappa shape index (κ3) is 2.93. The fourth-order valence-electron chi connectivity index (χ4n) is 2.62. The topological polar surface area (TPSA) is 43.1 Å². The summed E-state index contributed by atoms with van der Waals surface area (Å²) in [6.07, 6.45) is 4.43. The van der Waals surface area contributed by atoms with Crippen LogP contribution in [-0.2, 0) is 11.2 Å². The lowest BCUT2D eigenvalue weighted by Gasteiger charge is -2.40. The number of Topliss-reactive ketones (excluding diaryl/α,β-unsaturated/α-hetero) is 1. The third-order valence-electron chi connectivity index (χ3n) is 4.02. The Morgan fingerprint density at radius 1 is 1.44 bits per heavy atom. The Kier molecular flexibility index (Phi) is 4.08. The zero-order valence-electron chi connectivity index (χ0n) is 10.8. The molecule has 0 atom stereocenters. The summed E-state index contributed by atoms with van der Waals surface area (Å²) >= 11 is 6.15. The maximum absolute atomic E-state index is 12.1. The lowest BCUT2D eigenvalue weighted by Crippen LogP contribution is -2.39. The summed E-state index contributed by atoms with van der Waals surface area (Å²) < 4.78 is 0. The van der Waals surface area contributed by atoms with Crippen molar-refractivity contribution in [3.05, 3.63) is 34.3 Å². The van der Waals surface area contributed by atoms with Gasteiger partial charge in [0, 0.05) is 17.9 Å². The van der Waals surface area contributed by atoms with Gasteiger partial charge in [-0.15, -0.1) is 0 Å². The maximum atomic E-state index is 12.1. The molecule has 1 aromatic carbocycles. The predicted octanol–water partition coefficient (Wildman–Crippen LogP) is 3.28. The molecule has 2 nitrogen and oxygen atoms in total. The Morgan fingerprint density at radius 3 is 2.67 bits per heavy atom. The van der Waals surface area contributed by atoms with Crippen LogP contribution in [0, 0.1) is 12.3 Å². The normalized spacial score (nSPS) is 17.3. The number of rotatable bonds is 5. The first-order valence-corrected chi connectivity index (χ1v) is 6.89. The molecule has 0 radical (unpaired) electrons. The van der Waals surface area contributed by atoms with Gasteiger partial charge in [-0.2, -0.15) is 0 Å².